The first-order valence-electron chi connectivity index (χ1n) is 5.86. The van der Waals surface area contributed by atoms with E-state index in [4.69, 9.17) is 14.7 Å². The van der Waals surface area contributed by atoms with E-state index in [2.05, 4.69) is 10.3 Å². The summed E-state index contributed by atoms with van der Waals surface area (Å²) < 4.78 is 10.8. The van der Waals surface area contributed by atoms with Gasteiger partial charge in [0.15, 0.2) is 0 Å². The zero-order valence-electron chi connectivity index (χ0n) is 10.9. The molecule has 1 aromatic rings. The van der Waals surface area contributed by atoms with Gasteiger partial charge >= 0.3 is 0 Å². The van der Waals surface area contributed by atoms with Crippen molar-refractivity contribution >= 4 is 5.71 Å². The number of benzene rings is 1. The lowest BCUT2D eigenvalue weighted by molar-refractivity contribution is -0.0527. The van der Waals surface area contributed by atoms with Gasteiger partial charge in [0.2, 0.25) is 5.85 Å². The minimum Gasteiger partial charge on any atom is -0.497 e. The van der Waals surface area contributed by atoms with Gasteiger partial charge in [-0.3, -0.25) is 0 Å². The summed E-state index contributed by atoms with van der Waals surface area (Å²) in [6.07, 6.45) is 3.28. The largest absolute Gasteiger partial charge is 0.497 e. The van der Waals surface area contributed by atoms with E-state index in [0.29, 0.717) is 12.3 Å². The molecule has 98 valence electrons. The topological polar surface area (TPSA) is 66.6 Å². The van der Waals surface area contributed by atoms with Gasteiger partial charge < -0.3 is 14.8 Å². The molecular formula is C14H15N3O2. The summed E-state index contributed by atoms with van der Waals surface area (Å²) >= 11 is 0. The second kappa shape index (κ2) is 5.55. The number of nitrogens with zero attached hydrogens (tertiary/aromatic N) is 2. The van der Waals surface area contributed by atoms with E-state index in [1.165, 1.54) is 0 Å². The number of hydrogen-bond donors (Lipinski definition) is 1. The molecule has 0 spiro atoms. The van der Waals surface area contributed by atoms with Crippen molar-refractivity contribution in [2.24, 2.45) is 4.99 Å². The number of allylic oxidation sites excluding steroid dienone is 1. The van der Waals surface area contributed by atoms with E-state index < -0.39 is 5.85 Å². The van der Waals surface area contributed by atoms with Gasteiger partial charge in [0.05, 0.1) is 13.7 Å². The Kier molecular flexibility index (Phi) is 3.83. The Morgan fingerprint density at radius 3 is 2.74 bits per heavy atom. The molecule has 0 aromatic heterocycles. The maximum Gasteiger partial charge on any atom is 0.234 e. The Balaban J connectivity index is 2.00. The third kappa shape index (κ3) is 3.33. The fourth-order valence-corrected chi connectivity index (χ4v) is 1.66. The van der Waals surface area contributed by atoms with E-state index in [1.54, 1.807) is 26.3 Å². The molecule has 0 aliphatic carbocycles. The summed E-state index contributed by atoms with van der Waals surface area (Å²) in [5.41, 5.74) is 1.35. The van der Waals surface area contributed by atoms with Crippen molar-refractivity contribution in [3.05, 3.63) is 42.1 Å². The molecule has 1 atom stereocenters. The Labute approximate surface area is 112 Å². The number of rotatable bonds is 4. The predicted molar refractivity (Wildman–Crippen MR) is 71.5 cm³/mol. The van der Waals surface area contributed by atoms with Crippen LogP contribution in [0.15, 0.2) is 41.5 Å². The number of hydrogen-bond acceptors (Lipinski definition) is 5. The fourth-order valence-electron chi connectivity index (χ4n) is 1.66. The molecule has 0 radical (unpaired) electrons. The van der Waals surface area contributed by atoms with Gasteiger partial charge in [0, 0.05) is 13.1 Å². The normalized spacial score (nSPS) is 21.2. The molecule has 5 nitrogen and oxygen atoms in total. The van der Waals surface area contributed by atoms with E-state index in [1.807, 2.05) is 30.3 Å². The van der Waals surface area contributed by atoms with Gasteiger partial charge in [-0.2, -0.15) is 5.26 Å². The van der Waals surface area contributed by atoms with Crippen molar-refractivity contribution < 1.29 is 9.47 Å². The smallest absolute Gasteiger partial charge is 0.234 e. The molecule has 1 N–H and O–H groups in total. The van der Waals surface area contributed by atoms with Crippen molar-refractivity contribution in [2.45, 2.75) is 19.4 Å². The summed E-state index contributed by atoms with van der Waals surface area (Å²) in [5, 5.41) is 11.8. The van der Waals surface area contributed by atoms with Crippen molar-refractivity contribution in [1.29, 1.82) is 5.26 Å². The van der Waals surface area contributed by atoms with Gasteiger partial charge in [-0.05, 0) is 23.8 Å². The van der Waals surface area contributed by atoms with Gasteiger partial charge in [-0.15, -0.1) is 0 Å². The number of nitrogens with one attached hydrogen (secondary N) is 1. The molecule has 1 aliphatic heterocycles. The molecular weight excluding hydrogens is 242 g/mol. The first-order chi connectivity index (χ1) is 9.15. The Morgan fingerprint density at radius 2 is 2.11 bits per heavy atom. The monoisotopic (exact) mass is 257 g/mol. The van der Waals surface area contributed by atoms with Crippen molar-refractivity contribution in [3.63, 3.8) is 0 Å². The van der Waals surface area contributed by atoms with E-state index in [9.17, 15) is 0 Å². The fraction of sp³-hybridized carbons (Fsp3) is 0.286. The average molecular weight is 257 g/mol. The molecule has 0 fully saturated rings. The highest BCUT2D eigenvalue weighted by atomic mass is 16.5. The molecule has 1 heterocycles. The van der Waals surface area contributed by atoms with Crippen LogP contribution in [0.2, 0.25) is 0 Å². The maximum atomic E-state index is 8.84. The maximum absolute atomic E-state index is 8.84. The van der Waals surface area contributed by atoms with Crippen LogP contribution in [-0.4, -0.2) is 18.7 Å². The highest BCUT2D eigenvalue weighted by Crippen LogP contribution is 2.17. The molecule has 1 aromatic carbocycles. The molecule has 2 rings (SSSR count). The van der Waals surface area contributed by atoms with Crippen LogP contribution in [0, 0.1) is 11.3 Å². The molecule has 1 aliphatic rings. The SMILES string of the molecule is COc1ccc(COC2(C)N=C(C#N)C=CN2)cc1. The lowest BCUT2D eigenvalue weighted by Gasteiger charge is -2.28. The van der Waals surface area contributed by atoms with Crippen LogP contribution >= 0.6 is 0 Å². The average Bonchev–Trinajstić information content (AvgIpc) is 2.46. The molecule has 0 saturated carbocycles. The van der Waals surface area contributed by atoms with Crippen LogP contribution in [0.25, 0.3) is 0 Å². The molecule has 19 heavy (non-hydrogen) atoms. The molecule has 0 amide bonds. The highest BCUT2D eigenvalue weighted by Gasteiger charge is 2.25. The third-order valence-corrected chi connectivity index (χ3v) is 2.72. The summed E-state index contributed by atoms with van der Waals surface area (Å²) in [6, 6.07) is 9.60. The quantitative estimate of drug-likeness (QED) is 0.895. The second-order valence-electron chi connectivity index (χ2n) is 4.21. The lowest BCUT2D eigenvalue weighted by atomic mass is 10.2. The van der Waals surface area contributed by atoms with Gasteiger partial charge in [0.1, 0.15) is 17.5 Å². The van der Waals surface area contributed by atoms with Crippen LogP contribution in [-0.2, 0) is 11.3 Å². The molecule has 1 unspecified atom stereocenters. The van der Waals surface area contributed by atoms with Gasteiger partial charge in [0.25, 0.3) is 0 Å². The van der Waals surface area contributed by atoms with Crippen LogP contribution in [0.5, 0.6) is 5.75 Å². The van der Waals surface area contributed by atoms with Crippen molar-refractivity contribution in [3.8, 4) is 11.8 Å². The summed E-state index contributed by atoms with van der Waals surface area (Å²) in [7, 11) is 1.63. The van der Waals surface area contributed by atoms with Crippen LogP contribution < -0.4 is 10.1 Å². The molecule has 0 saturated heterocycles. The van der Waals surface area contributed by atoms with E-state index in [0.717, 1.165) is 11.3 Å². The van der Waals surface area contributed by atoms with Crippen LogP contribution in [0.4, 0.5) is 0 Å². The number of nitriles is 1. The minimum absolute atomic E-state index is 0.344. The van der Waals surface area contributed by atoms with E-state index in [-0.39, 0.29) is 0 Å². The standard InChI is InChI=1S/C14H15N3O2/c1-14(16-8-7-12(9-15)17-14)19-10-11-3-5-13(18-2)6-4-11/h3-8,16H,10H2,1-2H3. The number of methoxy groups -OCH3 is 1. The zero-order valence-corrected chi connectivity index (χ0v) is 10.9. The Morgan fingerprint density at radius 1 is 1.37 bits per heavy atom. The first kappa shape index (κ1) is 13.1. The van der Waals surface area contributed by atoms with E-state index >= 15 is 0 Å². The molecule has 0 bridgehead atoms. The van der Waals surface area contributed by atoms with Gasteiger partial charge in [-0.1, -0.05) is 12.1 Å². The predicted octanol–water partition coefficient (Wildman–Crippen LogP) is 1.97. The summed E-state index contributed by atoms with van der Waals surface area (Å²) in [6.45, 7) is 2.17. The number of ether oxygens (including phenoxy) is 2. The number of aliphatic imine (C=N–C) groups is 1. The van der Waals surface area contributed by atoms with Crippen LogP contribution in [0.1, 0.15) is 12.5 Å². The van der Waals surface area contributed by atoms with Crippen molar-refractivity contribution in [2.75, 3.05) is 7.11 Å². The second-order valence-corrected chi connectivity index (χ2v) is 4.21. The third-order valence-electron chi connectivity index (χ3n) is 2.72. The Hall–Kier alpha value is -2.32. The van der Waals surface area contributed by atoms with Gasteiger partial charge in [-0.25, -0.2) is 4.99 Å². The summed E-state index contributed by atoms with van der Waals surface area (Å²) in [5.74, 6) is -0.0989. The molecule has 5 heteroatoms. The van der Waals surface area contributed by atoms with Crippen molar-refractivity contribution in [1.82, 2.24) is 5.32 Å². The first-order valence-corrected chi connectivity index (χ1v) is 5.86. The summed E-state index contributed by atoms with van der Waals surface area (Å²) in [4.78, 5) is 4.19. The highest BCUT2D eigenvalue weighted by molar-refractivity contribution is 6.07. The Bertz CT molecular complexity index is 543. The lowest BCUT2D eigenvalue weighted by Crippen LogP contribution is -2.42. The zero-order chi connectivity index (χ0) is 13.7. The minimum atomic E-state index is -0.903. The van der Waals surface area contributed by atoms with Crippen LogP contribution in [0.3, 0.4) is 0 Å².